The Bertz CT molecular complexity index is 380. The zero-order valence-electron chi connectivity index (χ0n) is 10.3. The van der Waals surface area contributed by atoms with Gasteiger partial charge in [0.25, 0.3) is 0 Å². The van der Waals surface area contributed by atoms with Crippen LogP contribution < -0.4 is 14.9 Å². The summed E-state index contributed by atoms with van der Waals surface area (Å²) in [5.41, 5.74) is -0.212. The zero-order valence-corrected chi connectivity index (χ0v) is 7.29. The van der Waals surface area contributed by atoms with Crippen LogP contribution in [0.3, 0.4) is 0 Å². The summed E-state index contributed by atoms with van der Waals surface area (Å²) in [4.78, 5) is 0. The SMILES string of the molecule is [2H]c1c([2H])c(OC)c(B(O)O)c(OC)c1[2H]. The highest BCUT2D eigenvalue weighted by Crippen LogP contribution is 2.16. The van der Waals surface area contributed by atoms with Crippen molar-refractivity contribution < 1.29 is 23.6 Å². The Morgan fingerprint density at radius 2 is 1.69 bits per heavy atom. The quantitative estimate of drug-likeness (QED) is 0.616. The lowest BCUT2D eigenvalue weighted by Crippen LogP contribution is -2.32. The second-order valence-corrected chi connectivity index (χ2v) is 2.23. The highest BCUT2D eigenvalue weighted by Gasteiger charge is 2.21. The molecule has 0 aliphatic heterocycles. The third kappa shape index (κ3) is 1.94. The standard InChI is InChI=1S/C8H11BO4/c1-12-6-4-3-5-7(13-2)8(6)9(10)11/h3-5,10-11H,1-2H3/i3D,4D,5D. The van der Waals surface area contributed by atoms with Gasteiger partial charge in [0, 0.05) is 0 Å². The van der Waals surface area contributed by atoms with Gasteiger partial charge in [0.15, 0.2) is 0 Å². The molecule has 70 valence electrons. The van der Waals surface area contributed by atoms with Crippen molar-refractivity contribution in [2.45, 2.75) is 0 Å². The number of hydrogen-bond acceptors (Lipinski definition) is 4. The fourth-order valence-electron chi connectivity index (χ4n) is 0.939. The summed E-state index contributed by atoms with van der Waals surface area (Å²) < 4.78 is 32.2. The van der Waals surface area contributed by atoms with E-state index in [0.717, 1.165) is 0 Å². The summed E-state index contributed by atoms with van der Waals surface area (Å²) in [6.45, 7) is 0. The predicted octanol–water partition coefficient (Wildman–Crippen LogP) is -0.616. The van der Waals surface area contributed by atoms with E-state index in [1.165, 1.54) is 14.2 Å². The van der Waals surface area contributed by atoms with Gasteiger partial charge in [0.1, 0.15) is 11.5 Å². The summed E-state index contributed by atoms with van der Waals surface area (Å²) in [6, 6.07) is -1.15. The van der Waals surface area contributed by atoms with Crippen LogP contribution >= 0.6 is 0 Å². The van der Waals surface area contributed by atoms with Gasteiger partial charge in [-0.25, -0.2) is 0 Å². The van der Waals surface area contributed by atoms with Crippen LogP contribution in [0.15, 0.2) is 18.1 Å². The minimum Gasteiger partial charge on any atom is -0.497 e. The molecule has 1 aromatic carbocycles. The first-order chi connectivity index (χ1) is 7.45. The van der Waals surface area contributed by atoms with Gasteiger partial charge in [-0.05, 0) is 12.1 Å². The van der Waals surface area contributed by atoms with Gasteiger partial charge in [-0.15, -0.1) is 0 Å². The molecule has 0 bridgehead atoms. The largest absolute Gasteiger partial charge is 0.497 e. The fraction of sp³-hybridized carbons (Fsp3) is 0.250. The Balaban J connectivity index is 3.66. The first kappa shape index (κ1) is 6.29. The lowest BCUT2D eigenvalue weighted by atomic mass is 9.78. The maximum Gasteiger partial charge on any atom is 0.496 e. The molecule has 0 saturated carbocycles. The number of hydrogen-bond donors (Lipinski definition) is 2. The molecule has 0 spiro atoms. The maximum absolute atomic E-state index is 9.16. The van der Waals surface area contributed by atoms with Crippen LogP contribution in [0.1, 0.15) is 4.11 Å². The summed E-state index contributed by atoms with van der Waals surface area (Å²) in [5, 5.41) is 18.3. The van der Waals surface area contributed by atoms with Crippen molar-refractivity contribution in [2.24, 2.45) is 0 Å². The van der Waals surface area contributed by atoms with Gasteiger partial charge in [-0.2, -0.15) is 0 Å². The molecule has 5 heteroatoms. The number of ether oxygens (including phenoxy) is 2. The van der Waals surface area contributed by atoms with Crippen molar-refractivity contribution in [3.8, 4) is 11.5 Å². The number of benzene rings is 1. The van der Waals surface area contributed by atoms with Gasteiger partial charge in [-0.3, -0.25) is 0 Å². The van der Waals surface area contributed by atoms with Crippen molar-refractivity contribution in [2.75, 3.05) is 14.2 Å². The Kier molecular flexibility index (Phi) is 2.01. The fourth-order valence-corrected chi connectivity index (χ4v) is 0.939. The lowest BCUT2D eigenvalue weighted by Gasteiger charge is -2.11. The van der Waals surface area contributed by atoms with Crippen molar-refractivity contribution >= 4 is 12.6 Å². The van der Waals surface area contributed by atoms with Crippen molar-refractivity contribution in [1.82, 2.24) is 0 Å². The first-order valence-corrected chi connectivity index (χ1v) is 3.53. The second-order valence-electron chi connectivity index (χ2n) is 2.23. The smallest absolute Gasteiger partial charge is 0.496 e. The van der Waals surface area contributed by atoms with Crippen LogP contribution in [-0.2, 0) is 0 Å². The maximum atomic E-state index is 9.16. The Morgan fingerprint density at radius 3 is 2.00 bits per heavy atom. The summed E-state index contributed by atoms with van der Waals surface area (Å²) in [7, 11) is 0.544. The average Bonchev–Trinajstić information content (AvgIpc) is 2.25. The van der Waals surface area contributed by atoms with Crippen LogP contribution in [0.4, 0.5) is 0 Å². The molecule has 1 aromatic rings. The van der Waals surface area contributed by atoms with Crippen LogP contribution in [0.5, 0.6) is 11.5 Å². The third-order valence-corrected chi connectivity index (χ3v) is 1.51. The minimum atomic E-state index is -1.93. The zero-order chi connectivity index (χ0) is 12.5. The van der Waals surface area contributed by atoms with Crippen molar-refractivity contribution in [3.05, 3.63) is 18.1 Å². The van der Waals surface area contributed by atoms with E-state index in [9.17, 15) is 0 Å². The molecule has 0 aliphatic carbocycles. The van der Waals surface area contributed by atoms with E-state index in [2.05, 4.69) is 0 Å². The highest BCUT2D eigenvalue weighted by molar-refractivity contribution is 6.60. The molecule has 0 aromatic heterocycles. The molecule has 13 heavy (non-hydrogen) atoms. The minimum absolute atomic E-state index is 0.173. The van der Waals surface area contributed by atoms with Gasteiger partial charge in [0.05, 0.1) is 23.8 Å². The molecule has 0 aliphatic rings. The van der Waals surface area contributed by atoms with Crippen LogP contribution in [0.2, 0.25) is 0 Å². The van der Waals surface area contributed by atoms with Crippen molar-refractivity contribution in [1.29, 1.82) is 0 Å². The van der Waals surface area contributed by atoms with E-state index in [0.29, 0.717) is 0 Å². The molecule has 0 heterocycles. The molecule has 2 N–H and O–H groups in total. The summed E-state index contributed by atoms with van der Waals surface area (Å²) in [6.07, 6.45) is 0. The lowest BCUT2D eigenvalue weighted by molar-refractivity contribution is 0.385. The van der Waals surface area contributed by atoms with Crippen molar-refractivity contribution in [3.63, 3.8) is 0 Å². The molecule has 4 nitrogen and oxygen atoms in total. The molecule has 1 rings (SSSR count). The normalized spacial score (nSPS) is 12.8. The van der Waals surface area contributed by atoms with E-state index in [1.807, 2.05) is 0 Å². The Hall–Kier alpha value is -1.20. The summed E-state index contributed by atoms with van der Waals surface area (Å²) >= 11 is 0. The van der Waals surface area contributed by atoms with E-state index in [1.54, 1.807) is 0 Å². The highest BCUT2D eigenvalue weighted by atomic mass is 16.5. The topological polar surface area (TPSA) is 58.9 Å². The van der Waals surface area contributed by atoms with Gasteiger partial charge < -0.3 is 19.5 Å². The summed E-state index contributed by atoms with van der Waals surface area (Å²) in [5.74, 6) is -0.347. The molecular formula is C8H11BO4. The van der Waals surface area contributed by atoms with E-state index < -0.39 is 13.2 Å². The van der Waals surface area contributed by atoms with E-state index in [-0.39, 0.29) is 29.0 Å². The van der Waals surface area contributed by atoms with Gasteiger partial charge in [-0.1, -0.05) is 6.04 Å². The number of rotatable bonds is 3. The first-order valence-electron chi connectivity index (χ1n) is 5.03. The molecule has 0 amide bonds. The second kappa shape index (κ2) is 4.16. The van der Waals surface area contributed by atoms with Crippen LogP contribution in [0.25, 0.3) is 0 Å². The van der Waals surface area contributed by atoms with Crippen LogP contribution in [0, 0.1) is 0 Å². The molecular weight excluding hydrogens is 171 g/mol. The Labute approximate surface area is 81.1 Å². The molecule has 0 unspecified atom stereocenters. The molecule has 0 radical (unpaired) electrons. The van der Waals surface area contributed by atoms with E-state index >= 15 is 0 Å². The third-order valence-electron chi connectivity index (χ3n) is 1.51. The van der Waals surface area contributed by atoms with E-state index in [4.69, 9.17) is 23.6 Å². The van der Waals surface area contributed by atoms with Gasteiger partial charge >= 0.3 is 7.12 Å². The average molecular weight is 185 g/mol. The van der Waals surface area contributed by atoms with Gasteiger partial charge in [0.2, 0.25) is 0 Å². The molecule has 0 atom stereocenters. The molecule has 0 saturated heterocycles. The monoisotopic (exact) mass is 185 g/mol. The predicted molar refractivity (Wildman–Crippen MR) is 49.4 cm³/mol. The van der Waals surface area contributed by atoms with Crippen LogP contribution in [-0.4, -0.2) is 31.4 Å². The molecule has 0 fully saturated rings. The Morgan fingerprint density at radius 1 is 1.23 bits per heavy atom. The number of methoxy groups -OCH3 is 2.